The molecule has 0 aromatic carbocycles. The van der Waals surface area contributed by atoms with Gasteiger partial charge in [0.05, 0.1) is 18.7 Å². The number of hydrogen-bond acceptors (Lipinski definition) is 5. The summed E-state index contributed by atoms with van der Waals surface area (Å²) < 4.78 is 63.5. The van der Waals surface area contributed by atoms with Gasteiger partial charge in [0.1, 0.15) is 17.5 Å². The molecule has 2 heterocycles. The Hall–Kier alpha value is -2.59. The Bertz CT molecular complexity index is 885. The molecular formula is C21H27F4N3O4. The van der Waals surface area contributed by atoms with Crippen molar-refractivity contribution in [2.75, 3.05) is 13.7 Å². The van der Waals surface area contributed by atoms with Gasteiger partial charge in [0.15, 0.2) is 0 Å². The number of rotatable bonds is 5. The summed E-state index contributed by atoms with van der Waals surface area (Å²) in [4.78, 5) is 30.3. The second-order valence-corrected chi connectivity index (χ2v) is 9.06. The monoisotopic (exact) mass is 461 g/mol. The summed E-state index contributed by atoms with van der Waals surface area (Å²) in [6, 6.07) is 0.306. The lowest BCUT2D eigenvalue weighted by Gasteiger charge is -2.28. The number of nitrogens with one attached hydrogen (secondary N) is 1. The van der Waals surface area contributed by atoms with E-state index in [1.807, 2.05) is 0 Å². The maximum atomic E-state index is 14.5. The van der Waals surface area contributed by atoms with E-state index in [4.69, 9.17) is 9.47 Å². The van der Waals surface area contributed by atoms with Gasteiger partial charge in [-0.1, -0.05) is 0 Å². The number of hydrogen-bond donors (Lipinski definition) is 1. The van der Waals surface area contributed by atoms with Crippen molar-refractivity contribution in [3.63, 3.8) is 0 Å². The van der Waals surface area contributed by atoms with Crippen molar-refractivity contribution in [3.8, 4) is 5.88 Å². The SMILES string of the molecule is COc1nc(C2CC2C(F)(F)F)c(F)cc1CNC(=O)[C@@H]1CCCN1C(=O)OC(C)(C)C. The van der Waals surface area contributed by atoms with Crippen molar-refractivity contribution in [2.45, 2.75) is 70.3 Å². The summed E-state index contributed by atoms with van der Waals surface area (Å²) in [5.74, 6) is -4.01. The number of nitrogens with zero attached hydrogens (tertiary/aromatic N) is 2. The van der Waals surface area contributed by atoms with Gasteiger partial charge in [0.2, 0.25) is 11.8 Å². The molecule has 178 valence electrons. The van der Waals surface area contributed by atoms with E-state index in [0.717, 1.165) is 6.07 Å². The zero-order valence-corrected chi connectivity index (χ0v) is 18.4. The second-order valence-electron chi connectivity index (χ2n) is 9.06. The number of aromatic nitrogens is 1. The minimum absolute atomic E-state index is 0.0510. The number of alkyl halides is 3. The van der Waals surface area contributed by atoms with E-state index in [0.29, 0.717) is 19.4 Å². The van der Waals surface area contributed by atoms with Crippen LogP contribution in [0.1, 0.15) is 57.2 Å². The van der Waals surface area contributed by atoms with Gasteiger partial charge in [-0.15, -0.1) is 0 Å². The second kappa shape index (κ2) is 8.74. The van der Waals surface area contributed by atoms with Crippen molar-refractivity contribution in [1.29, 1.82) is 0 Å². The average molecular weight is 461 g/mol. The van der Waals surface area contributed by atoms with Gasteiger partial charge in [-0.2, -0.15) is 13.2 Å². The van der Waals surface area contributed by atoms with Crippen LogP contribution in [0.2, 0.25) is 0 Å². The Labute approximate surface area is 183 Å². The molecule has 1 aliphatic heterocycles. The number of halogens is 4. The smallest absolute Gasteiger partial charge is 0.410 e. The quantitative estimate of drug-likeness (QED) is 0.673. The van der Waals surface area contributed by atoms with Crippen LogP contribution in [0.3, 0.4) is 0 Å². The predicted molar refractivity (Wildman–Crippen MR) is 105 cm³/mol. The highest BCUT2D eigenvalue weighted by molar-refractivity contribution is 5.86. The summed E-state index contributed by atoms with van der Waals surface area (Å²) in [6.45, 7) is 5.41. The first kappa shape index (κ1) is 24.1. The van der Waals surface area contributed by atoms with Crippen LogP contribution in [0.25, 0.3) is 0 Å². The van der Waals surface area contributed by atoms with Crippen LogP contribution < -0.4 is 10.1 Å². The fraction of sp³-hybridized carbons (Fsp3) is 0.667. The van der Waals surface area contributed by atoms with Crippen LogP contribution in [0.5, 0.6) is 5.88 Å². The van der Waals surface area contributed by atoms with Crippen LogP contribution in [0.4, 0.5) is 22.4 Å². The Kier molecular flexibility index (Phi) is 6.57. The molecule has 7 nitrogen and oxygen atoms in total. The van der Waals surface area contributed by atoms with E-state index < -0.39 is 47.5 Å². The maximum absolute atomic E-state index is 14.5. The number of pyridine rings is 1. The summed E-state index contributed by atoms with van der Waals surface area (Å²) >= 11 is 0. The number of amides is 2. The third-order valence-corrected chi connectivity index (χ3v) is 5.43. The lowest BCUT2D eigenvalue weighted by molar-refractivity contribution is -0.148. The summed E-state index contributed by atoms with van der Waals surface area (Å²) in [5.41, 5.74) is -0.801. The maximum Gasteiger partial charge on any atom is 0.410 e. The Morgan fingerprint density at radius 1 is 1.28 bits per heavy atom. The highest BCUT2D eigenvalue weighted by atomic mass is 19.4. The molecule has 32 heavy (non-hydrogen) atoms. The highest BCUT2D eigenvalue weighted by Crippen LogP contribution is 2.56. The summed E-state index contributed by atoms with van der Waals surface area (Å²) in [5, 5.41) is 2.63. The number of ether oxygens (including phenoxy) is 2. The summed E-state index contributed by atoms with van der Waals surface area (Å²) in [7, 11) is 1.27. The molecule has 1 N–H and O–H groups in total. The average Bonchev–Trinajstić information content (AvgIpc) is 3.33. The van der Waals surface area contributed by atoms with Gasteiger partial charge in [-0.25, -0.2) is 14.2 Å². The molecule has 1 aromatic heterocycles. The molecule has 2 amide bonds. The molecule has 1 aliphatic carbocycles. The molecule has 0 spiro atoms. The number of likely N-dealkylation sites (tertiary alicyclic amines) is 1. The van der Waals surface area contributed by atoms with Crippen LogP contribution in [-0.2, 0) is 16.1 Å². The molecule has 2 unspecified atom stereocenters. The molecule has 1 saturated heterocycles. The van der Waals surface area contributed by atoms with E-state index in [1.165, 1.54) is 12.0 Å². The predicted octanol–water partition coefficient (Wildman–Crippen LogP) is 3.91. The highest BCUT2D eigenvalue weighted by Gasteiger charge is 2.57. The fourth-order valence-corrected chi connectivity index (χ4v) is 3.82. The lowest BCUT2D eigenvalue weighted by atomic mass is 10.1. The van der Waals surface area contributed by atoms with Crippen molar-refractivity contribution in [2.24, 2.45) is 5.92 Å². The minimum Gasteiger partial charge on any atom is -0.481 e. The first-order valence-corrected chi connectivity index (χ1v) is 10.4. The third kappa shape index (κ3) is 5.42. The number of methoxy groups -OCH3 is 1. The van der Waals surface area contributed by atoms with E-state index in [2.05, 4.69) is 10.3 Å². The van der Waals surface area contributed by atoms with Crippen LogP contribution >= 0.6 is 0 Å². The van der Waals surface area contributed by atoms with Gasteiger partial charge in [0, 0.05) is 24.6 Å². The molecule has 11 heteroatoms. The molecule has 3 rings (SSSR count). The van der Waals surface area contributed by atoms with E-state index in [1.54, 1.807) is 20.8 Å². The van der Waals surface area contributed by atoms with Crippen molar-refractivity contribution in [3.05, 3.63) is 23.1 Å². The minimum atomic E-state index is -4.40. The van der Waals surface area contributed by atoms with E-state index in [9.17, 15) is 27.2 Å². The fourth-order valence-electron chi connectivity index (χ4n) is 3.82. The van der Waals surface area contributed by atoms with Crippen molar-refractivity contribution < 1.29 is 36.6 Å². The van der Waals surface area contributed by atoms with Gasteiger partial charge in [-0.05, 0) is 46.1 Å². The van der Waals surface area contributed by atoms with Gasteiger partial charge in [0.25, 0.3) is 0 Å². The standard InChI is InChI=1S/C21H27F4N3O4/c1-20(2,3)32-19(30)28-7-5-6-15(28)17(29)26-10-11-8-14(22)16(27-18(11)31-4)12-9-13(12)21(23,24)25/h8,12-13,15H,5-7,9-10H2,1-4H3,(H,26,29)/t12?,13?,15-/m0/s1. The first-order valence-electron chi connectivity index (χ1n) is 10.4. The van der Waals surface area contributed by atoms with E-state index in [-0.39, 0.29) is 30.1 Å². The topological polar surface area (TPSA) is 80.8 Å². The molecule has 1 saturated carbocycles. The zero-order chi connectivity index (χ0) is 23.8. The Morgan fingerprint density at radius 2 is 1.97 bits per heavy atom. The molecule has 2 aliphatic rings. The van der Waals surface area contributed by atoms with Crippen molar-refractivity contribution in [1.82, 2.24) is 15.2 Å². The molecule has 2 fully saturated rings. The Morgan fingerprint density at radius 3 is 2.53 bits per heavy atom. The third-order valence-electron chi connectivity index (χ3n) is 5.43. The summed E-state index contributed by atoms with van der Waals surface area (Å²) in [6.07, 6.45) is -4.12. The normalized spacial score (nSPS) is 23.1. The zero-order valence-electron chi connectivity index (χ0n) is 18.4. The molecular weight excluding hydrogens is 434 g/mol. The number of carbonyl (C=O) groups is 2. The molecule has 0 radical (unpaired) electrons. The molecule has 3 atom stereocenters. The van der Waals surface area contributed by atoms with E-state index >= 15 is 0 Å². The van der Waals surface area contributed by atoms with Gasteiger partial charge < -0.3 is 14.8 Å². The molecule has 1 aromatic rings. The largest absolute Gasteiger partial charge is 0.481 e. The van der Waals surface area contributed by atoms with Crippen LogP contribution in [0.15, 0.2) is 6.07 Å². The first-order chi connectivity index (χ1) is 14.8. The lowest BCUT2D eigenvalue weighted by Crippen LogP contribution is -2.47. The van der Waals surface area contributed by atoms with Crippen molar-refractivity contribution >= 4 is 12.0 Å². The van der Waals surface area contributed by atoms with Gasteiger partial charge >= 0.3 is 12.3 Å². The van der Waals surface area contributed by atoms with Crippen LogP contribution in [0, 0.1) is 11.7 Å². The molecule has 0 bridgehead atoms. The van der Waals surface area contributed by atoms with Gasteiger partial charge in [-0.3, -0.25) is 9.69 Å². The van der Waals surface area contributed by atoms with Crippen LogP contribution in [-0.4, -0.2) is 53.4 Å². The number of carbonyl (C=O) groups excluding carboxylic acids is 2. The Balaban J connectivity index is 1.67.